The van der Waals surface area contributed by atoms with Gasteiger partial charge in [-0.25, -0.2) is 5.01 Å². The van der Waals surface area contributed by atoms with Crippen LogP contribution in [0, 0.1) is 0 Å². The third-order valence-electron chi connectivity index (χ3n) is 5.84. The zero-order valence-corrected chi connectivity index (χ0v) is 20.9. The van der Waals surface area contributed by atoms with Crippen LogP contribution < -0.4 is 14.2 Å². The van der Waals surface area contributed by atoms with Gasteiger partial charge in [0, 0.05) is 22.0 Å². The summed E-state index contributed by atoms with van der Waals surface area (Å²) in [6, 6.07) is 22.4. The van der Waals surface area contributed by atoms with Crippen molar-refractivity contribution in [2.45, 2.75) is 38.6 Å². The van der Waals surface area contributed by atoms with E-state index in [4.69, 9.17) is 19.3 Å². The first-order chi connectivity index (χ1) is 16.5. The minimum atomic E-state index is -0.326. The predicted molar refractivity (Wildman–Crippen MR) is 138 cm³/mol. The van der Waals surface area contributed by atoms with Crippen LogP contribution in [-0.2, 0) is 0 Å². The highest BCUT2D eigenvalue weighted by atomic mass is 79.9. The fourth-order valence-electron chi connectivity index (χ4n) is 4.33. The van der Waals surface area contributed by atoms with Crippen molar-refractivity contribution in [1.29, 1.82) is 0 Å². The van der Waals surface area contributed by atoms with E-state index in [1.165, 1.54) is 0 Å². The third-order valence-corrected chi connectivity index (χ3v) is 6.34. The number of hydrogen-bond donors (Lipinski definition) is 0. The van der Waals surface area contributed by atoms with Crippen LogP contribution in [0.15, 0.2) is 89.0 Å². The standard InChI is InChI=1S/C28H27BrN2O3/c1-4-15-32-22-10-7-20(8-11-22)28-31-26(24-16-21(29)9-14-27(24)34-28)17-25(30-31)19-5-12-23(13-6-19)33-18(2)3/h4-14,16,18,26,28H,1,15,17H2,2-3H3/t26-,28+/m1/s1. The molecule has 0 amide bonds. The topological polar surface area (TPSA) is 43.3 Å². The van der Waals surface area contributed by atoms with Crippen molar-refractivity contribution in [2.24, 2.45) is 5.10 Å². The summed E-state index contributed by atoms with van der Waals surface area (Å²) in [5.74, 6) is 2.55. The summed E-state index contributed by atoms with van der Waals surface area (Å²) in [5, 5.41) is 7.14. The van der Waals surface area contributed by atoms with Crippen LogP contribution in [0.2, 0.25) is 0 Å². The number of rotatable bonds is 7. The Morgan fingerprint density at radius 2 is 1.82 bits per heavy atom. The van der Waals surface area contributed by atoms with E-state index < -0.39 is 0 Å². The molecule has 0 aliphatic carbocycles. The van der Waals surface area contributed by atoms with Gasteiger partial charge in [-0.05, 0) is 86.1 Å². The van der Waals surface area contributed by atoms with E-state index in [1.54, 1.807) is 6.08 Å². The molecule has 0 N–H and O–H groups in total. The number of hydrogen-bond acceptors (Lipinski definition) is 5. The summed E-state index contributed by atoms with van der Waals surface area (Å²) in [7, 11) is 0. The predicted octanol–water partition coefficient (Wildman–Crippen LogP) is 7.04. The molecule has 0 saturated carbocycles. The highest BCUT2D eigenvalue weighted by Crippen LogP contribution is 2.48. The lowest BCUT2D eigenvalue weighted by Crippen LogP contribution is -2.33. The maximum Gasteiger partial charge on any atom is 0.213 e. The van der Waals surface area contributed by atoms with Gasteiger partial charge in [-0.15, -0.1) is 0 Å². The van der Waals surface area contributed by atoms with Gasteiger partial charge in [0.2, 0.25) is 6.23 Å². The normalized spacial score (nSPS) is 18.6. The van der Waals surface area contributed by atoms with Gasteiger partial charge in [0.25, 0.3) is 0 Å². The Morgan fingerprint density at radius 3 is 2.53 bits per heavy atom. The molecule has 2 aliphatic rings. The molecule has 2 atom stereocenters. The molecule has 5 rings (SSSR count). The molecule has 0 fully saturated rings. The second-order valence-corrected chi connectivity index (χ2v) is 9.57. The summed E-state index contributed by atoms with van der Waals surface area (Å²) in [6.07, 6.45) is 2.35. The summed E-state index contributed by atoms with van der Waals surface area (Å²) >= 11 is 3.62. The molecule has 5 nitrogen and oxygen atoms in total. The van der Waals surface area contributed by atoms with Crippen molar-refractivity contribution in [3.63, 3.8) is 0 Å². The van der Waals surface area contributed by atoms with Crippen molar-refractivity contribution in [1.82, 2.24) is 5.01 Å². The molecule has 0 saturated heterocycles. The summed E-state index contributed by atoms with van der Waals surface area (Å²) in [6.45, 7) is 8.24. The van der Waals surface area contributed by atoms with Crippen molar-refractivity contribution in [2.75, 3.05) is 6.61 Å². The summed E-state index contributed by atoms with van der Waals surface area (Å²) in [4.78, 5) is 0. The lowest BCUT2D eigenvalue weighted by molar-refractivity contribution is -0.0191. The summed E-state index contributed by atoms with van der Waals surface area (Å²) < 4.78 is 19.0. The molecule has 0 unspecified atom stereocenters. The van der Waals surface area contributed by atoms with Gasteiger partial charge in [0.15, 0.2) is 0 Å². The first-order valence-electron chi connectivity index (χ1n) is 11.4. The van der Waals surface area contributed by atoms with Crippen LogP contribution >= 0.6 is 15.9 Å². The SMILES string of the molecule is C=CCOc1ccc([C@@H]2Oc3ccc(Br)cc3[C@H]3CC(c4ccc(OC(C)C)cc4)=NN32)cc1. The fraction of sp³-hybridized carbons (Fsp3) is 0.250. The van der Waals surface area contributed by atoms with Crippen LogP contribution in [0.25, 0.3) is 0 Å². The van der Waals surface area contributed by atoms with Crippen LogP contribution in [0.5, 0.6) is 17.2 Å². The van der Waals surface area contributed by atoms with Gasteiger partial charge in [0.05, 0.1) is 17.9 Å². The molecular weight excluding hydrogens is 492 g/mol. The number of hydrazone groups is 1. The van der Waals surface area contributed by atoms with E-state index in [-0.39, 0.29) is 18.4 Å². The van der Waals surface area contributed by atoms with Gasteiger partial charge in [0.1, 0.15) is 23.9 Å². The molecular formula is C28H27BrN2O3. The number of benzene rings is 3. The summed E-state index contributed by atoms with van der Waals surface area (Å²) in [5.41, 5.74) is 4.28. The molecule has 0 aromatic heterocycles. The molecule has 174 valence electrons. The zero-order valence-electron chi connectivity index (χ0n) is 19.3. The minimum Gasteiger partial charge on any atom is -0.491 e. The largest absolute Gasteiger partial charge is 0.491 e. The number of ether oxygens (including phenoxy) is 3. The lowest BCUT2D eigenvalue weighted by atomic mass is 9.96. The smallest absolute Gasteiger partial charge is 0.213 e. The van der Waals surface area contributed by atoms with E-state index in [0.29, 0.717) is 6.61 Å². The monoisotopic (exact) mass is 518 g/mol. The van der Waals surface area contributed by atoms with Crippen molar-refractivity contribution < 1.29 is 14.2 Å². The molecule has 3 aromatic rings. The number of nitrogens with zero attached hydrogens (tertiary/aromatic N) is 2. The Morgan fingerprint density at radius 1 is 1.09 bits per heavy atom. The van der Waals surface area contributed by atoms with E-state index in [1.807, 2.05) is 62.4 Å². The second-order valence-electron chi connectivity index (χ2n) is 8.66. The fourth-order valence-corrected chi connectivity index (χ4v) is 4.71. The number of halogens is 1. The van der Waals surface area contributed by atoms with Gasteiger partial charge >= 0.3 is 0 Å². The zero-order chi connectivity index (χ0) is 23.7. The Balaban J connectivity index is 1.47. The van der Waals surface area contributed by atoms with Gasteiger partial charge < -0.3 is 14.2 Å². The van der Waals surface area contributed by atoms with Gasteiger partial charge in [-0.3, -0.25) is 0 Å². The minimum absolute atomic E-state index is 0.0875. The second kappa shape index (κ2) is 9.55. The van der Waals surface area contributed by atoms with Gasteiger partial charge in [-0.2, -0.15) is 5.10 Å². The van der Waals surface area contributed by atoms with Crippen molar-refractivity contribution >= 4 is 21.6 Å². The van der Waals surface area contributed by atoms with Crippen LogP contribution in [0.4, 0.5) is 0 Å². The Labute approximate surface area is 208 Å². The van der Waals surface area contributed by atoms with Crippen LogP contribution in [0.1, 0.15) is 49.2 Å². The highest BCUT2D eigenvalue weighted by Gasteiger charge is 2.41. The molecule has 0 spiro atoms. The average Bonchev–Trinajstić information content (AvgIpc) is 3.29. The van der Waals surface area contributed by atoms with E-state index in [9.17, 15) is 0 Å². The maximum absolute atomic E-state index is 6.48. The molecule has 0 bridgehead atoms. The molecule has 6 heteroatoms. The quantitative estimate of drug-likeness (QED) is 0.314. The number of fused-ring (bicyclic) bond motifs is 3. The molecule has 2 aliphatic heterocycles. The van der Waals surface area contributed by atoms with E-state index in [0.717, 1.165) is 50.5 Å². The first kappa shape index (κ1) is 22.5. The van der Waals surface area contributed by atoms with E-state index in [2.05, 4.69) is 45.7 Å². The lowest BCUT2D eigenvalue weighted by Gasteiger charge is -2.38. The Bertz CT molecular complexity index is 1210. The van der Waals surface area contributed by atoms with E-state index >= 15 is 0 Å². The average molecular weight is 519 g/mol. The molecule has 2 heterocycles. The first-order valence-corrected chi connectivity index (χ1v) is 12.2. The van der Waals surface area contributed by atoms with Crippen LogP contribution in [-0.4, -0.2) is 23.4 Å². The molecule has 3 aromatic carbocycles. The third kappa shape index (κ3) is 4.55. The van der Waals surface area contributed by atoms with Gasteiger partial charge in [-0.1, -0.05) is 28.6 Å². The molecule has 34 heavy (non-hydrogen) atoms. The highest BCUT2D eigenvalue weighted by molar-refractivity contribution is 9.10. The molecule has 0 radical (unpaired) electrons. The van der Waals surface area contributed by atoms with Crippen LogP contribution in [0.3, 0.4) is 0 Å². The maximum atomic E-state index is 6.48. The van der Waals surface area contributed by atoms with Crippen molar-refractivity contribution in [3.8, 4) is 17.2 Å². The Hall–Kier alpha value is -3.25. The Kier molecular flexibility index (Phi) is 6.33. The van der Waals surface area contributed by atoms with Crippen molar-refractivity contribution in [3.05, 3.63) is 101 Å².